The Balaban J connectivity index is 1.99. The van der Waals surface area contributed by atoms with Gasteiger partial charge in [0.25, 0.3) is 0 Å². The van der Waals surface area contributed by atoms with Gasteiger partial charge in [0, 0.05) is 40.6 Å². The molecule has 2 rings (SSSR count). The monoisotopic (exact) mass is 276 g/mol. The van der Waals surface area contributed by atoms with Crippen molar-refractivity contribution < 1.29 is 4.74 Å². The third kappa shape index (κ3) is 3.53. The van der Waals surface area contributed by atoms with Gasteiger partial charge in [0.15, 0.2) is 0 Å². The van der Waals surface area contributed by atoms with Crippen molar-refractivity contribution in [3.05, 3.63) is 0 Å². The summed E-state index contributed by atoms with van der Waals surface area (Å²) in [6.07, 6.45) is 3.69. The van der Waals surface area contributed by atoms with E-state index in [-0.39, 0.29) is 0 Å². The van der Waals surface area contributed by atoms with Gasteiger partial charge in [0.05, 0.1) is 6.61 Å². The molecule has 4 atom stereocenters. The lowest BCUT2D eigenvalue weighted by Gasteiger charge is -2.40. The highest BCUT2D eigenvalue weighted by atomic mass is 32.2. The molecular weight excluding hydrogens is 252 g/mol. The minimum atomic E-state index is 0.415. The first-order chi connectivity index (χ1) is 8.36. The predicted molar refractivity (Wildman–Crippen MR) is 77.4 cm³/mol. The van der Waals surface area contributed by atoms with Gasteiger partial charge in [-0.3, -0.25) is 11.3 Å². The number of thioether (sulfide) groups is 2. The van der Waals surface area contributed by atoms with Gasteiger partial charge < -0.3 is 4.74 Å². The van der Waals surface area contributed by atoms with Crippen LogP contribution < -0.4 is 11.3 Å². The summed E-state index contributed by atoms with van der Waals surface area (Å²) in [4.78, 5) is 0. The van der Waals surface area contributed by atoms with Gasteiger partial charge in [-0.2, -0.15) is 23.5 Å². The summed E-state index contributed by atoms with van der Waals surface area (Å²) in [6.45, 7) is 4.10. The number of nitrogens with two attached hydrogens (primary N) is 1. The maximum absolute atomic E-state index is 5.82. The van der Waals surface area contributed by atoms with E-state index >= 15 is 0 Å². The first-order valence-electron chi connectivity index (χ1n) is 6.64. The molecule has 2 saturated heterocycles. The van der Waals surface area contributed by atoms with Gasteiger partial charge >= 0.3 is 0 Å². The van der Waals surface area contributed by atoms with Crippen molar-refractivity contribution in [3.63, 3.8) is 0 Å². The molecule has 0 bridgehead atoms. The second-order valence-electron chi connectivity index (χ2n) is 4.82. The molecule has 0 radical (unpaired) electrons. The number of ether oxygens (including phenoxy) is 1. The summed E-state index contributed by atoms with van der Waals surface area (Å²) in [5.41, 5.74) is 3.09. The molecule has 2 aliphatic rings. The summed E-state index contributed by atoms with van der Waals surface area (Å²) in [5.74, 6) is 8.97. The van der Waals surface area contributed by atoms with E-state index in [4.69, 9.17) is 10.6 Å². The molecule has 0 aliphatic carbocycles. The normalized spacial score (nSPS) is 36.7. The van der Waals surface area contributed by atoms with E-state index in [0.717, 1.165) is 18.5 Å². The molecule has 4 unspecified atom stereocenters. The van der Waals surface area contributed by atoms with Crippen molar-refractivity contribution in [2.75, 3.05) is 24.7 Å². The third-order valence-electron chi connectivity index (χ3n) is 3.74. The summed E-state index contributed by atoms with van der Waals surface area (Å²) in [6, 6.07) is 0.415. The highest BCUT2D eigenvalue weighted by molar-refractivity contribution is 8.07. The fraction of sp³-hybridized carbons (Fsp3) is 1.00. The van der Waals surface area contributed by atoms with Crippen LogP contribution in [-0.2, 0) is 4.74 Å². The molecule has 2 fully saturated rings. The van der Waals surface area contributed by atoms with Crippen LogP contribution in [0.5, 0.6) is 0 Å². The Morgan fingerprint density at radius 2 is 2.24 bits per heavy atom. The van der Waals surface area contributed by atoms with Gasteiger partial charge in [-0.25, -0.2) is 0 Å². The summed E-state index contributed by atoms with van der Waals surface area (Å²) in [7, 11) is 0. The molecule has 0 amide bonds. The molecule has 0 spiro atoms. The van der Waals surface area contributed by atoms with E-state index in [9.17, 15) is 0 Å². The Kier molecular flexibility index (Phi) is 5.96. The zero-order valence-corrected chi connectivity index (χ0v) is 12.2. The van der Waals surface area contributed by atoms with Gasteiger partial charge in [0.1, 0.15) is 0 Å². The molecular formula is C12H24N2OS2. The van der Waals surface area contributed by atoms with Crippen LogP contribution in [0.15, 0.2) is 0 Å². The second kappa shape index (κ2) is 7.24. The molecule has 3 nitrogen and oxygen atoms in total. The summed E-state index contributed by atoms with van der Waals surface area (Å²) >= 11 is 4.23. The largest absolute Gasteiger partial charge is 0.381 e. The van der Waals surface area contributed by atoms with Gasteiger partial charge in [0.2, 0.25) is 0 Å². The van der Waals surface area contributed by atoms with Gasteiger partial charge in [-0.1, -0.05) is 6.92 Å². The fourth-order valence-corrected chi connectivity index (χ4v) is 6.14. The Hall–Kier alpha value is 0.580. The van der Waals surface area contributed by atoms with Crippen molar-refractivity contribution in [3.8, 4) is 0 Å². The van der Waals surface area contributed by atoms with E-state index in [2.05, 4.69) is 35.9 Å². The average Bonchev–Trinajstić information content (AvgIpc) is 2.41. The smallest absolute Gasteiger partial charge is 0.0510 e. The quantitative estimate of drug-likeness (QED) is 0.606. The zero-order chi connectivity index (χ0) is 12.1. The third-order valence-corrected chi connectivity index (χ3v) is 7.12. The Morgan fingerprint density at radius 1 is 1.41 bits per heavy atom. The lowest BCUT2D eigenvalue weighted by molar-refractivity contribution is 0.0388. The maximum atomic E-state index is 5.82. The number of rotatable bonds is 4. The molecule has 0 aromatic rings. The van der Waals surface area contributed by atoms with Crippen molar-refractivity contribution >= 4 is 23.5 Å². The SMILES string of the molecule is CCC1SCCSC1C(NN)C1CCCOC1. The second-order valence-corrected chi connectivity index (χ2v) is 7.46. The predicted octanol–water partition coefficient (Wildman–Crippen LogP) is 1.87. The van der Waals surface area contributed by atoms with Crippen molar-refractivity contribution in [2.24, 2.45) is 11.8 Å². The first-order valence-corrected chi connectivity index (χ1v) is 8.73. The topological polar surface area (TPSA) is 47.3 Å². The Morgan fingerprint density at radius 3 is 2.88 bits per heavy atom. The van der Waals surface area contributed by atoms with Crippen LogP contribution in [0.2, 0.25) is 0 Å². The number of nitrogens with one attached hydrogen (secondary N) is 1. The Labute approximate surface area is 113 Å². The van der Waals surface area contributed by atoms with Crippen LogP contribution >= 0.6 is 23.5 Å². The van der Waals surface area contributed by atoms with E-state index in [1.165, 1.54) is 30.8 Å². The first kappa shape index (κ1) is 14.0. The molecule has 100 valence electrons. The van der Waals surface area contributed by atoms with Crippen LogP contribution in [-0.4, -0.2) is 41.3 Å². The van der Waals surface area contributed by atoms with Crippen molar-refractivity contribution in [1.82, 2.24) is 5.43 Å². The van der Waals surface area contributed by atoms with E-state index < -0.39 is 0 Å². The van der Waals surface area contributed by atoms with Crippen LogP contribution in [0, 0.1) is 5.92 Å². The van der Waals surface area contributed by atoms with Crippen molar-refractivity contribution in [1.29, 1.82) is 0 Å². The number of hydrogen-bond donors (Lipinski definition) is 2. The van der Waals surface area contributed by atoms with Crippen LogP contribution in [0.3, 0.4) is 0 Å². The van der Waals surface area contributed by atoms with Crippen LogP contribution in [0.4, 0.5) is 0 Å². The van der Waals surface area contributed by atoms with Crippen LogP contribution in [0.1, 0.15) is 26.2 Å². The average molecular weight is 276 g/mol. The highest BCUT2D eigenvalue weighted by Gasteiger charge is 2.36. The molecule has 5 heteroatoms. The molecule has 3 N–H and O–H groups in total. The molecule has 17 heavy (non-hydrogen) atoms. The van der Waals surface area contributed by atoms with E-state index in [1.54, 1.807) is 0 Å². The lowest BCUT2D eigenvalue weighted by Crippen LogP contribution is -2.53. The maximum Gasteiger partial charge on any atom is 0.0510 e. The highest BCUT2D eigenvalue weighted by Crippen LogP contribution is 2.38. The Bertz CT molecular complexity index is 225. The minimum Gasteiger partial charge on any atom is -0.381 e. The lowest BCUT2D eigenvalue weighted by atomic mass is 9.90. The molecule has 2 heterocycles. The van der Waals surface area contributed by atoms with Gasteiger partial charge in [-0.05, 0) is 19.3 Å². The van der Waals surface area contributed by atoms with Crippen LogP contribution in [0.25, 0.3) is 0 Å². The van der Waals surface area contributed by atoms with Crippen molar-refractivity contribution in [2.45, 2.75) is 42.7 Å². The number of hydrogen-bond acceptors (Lipinski definition) is 5. The van der Waals surface area contributed by atoms with E-state index in [0.29, 0.717) is 17.2 Å². The fourth-order valence-electron chi connectivity index (χ4n) is 2.82. The molecule has 0 aromatic carbocycles. The van der Waals surface area contributed by atoms with E-state index in [1.807, 2.05) is 0 Å². The van der Waals surface area contributed by atoms with Gasteiger partial charge in [-0.15, -0.1) is 0 Å². The molecule has 0 saturated carbocycles. The summed E-state index contributed by atoms with van der Waals surface area (Å²) < 4.78 is 5.61. The number of hydrazine groups is 1. The molecule has 2 aliphatic heterocycles. The standard InChI is InChI=1S/C12H24N2OS2/c1-2-10-12(17-7-6-16-10)11(14-13)9-4-3-5-15-8-9/h9-12,14H,2-8,13H2,1H3. The zero-order valence-electron chi connectivity index (χ0n) is 10.6. The molecule has 0 aromatic heterocycles. The summed E-state index contributed by atoms with van der Waals surface area (Å²) in [5, 5.41) is 1.40. The minimum absolute atomic E-state index is 0.415.